The molecule has 0 spiro atoms. The van der Waals surface area contributed by atoms with Gasteiger partial charge in [0.05, 0.1) is 23.4 Å². The van der Waals surface area contributed by atoms with Crippen LogP contribution in [0, 0.1) is 0 Å². The van der Waals surface area contributed by atoms with Crippen molar-refractivity contribution in [3.63, 3.8) is 0 Å². The number of carbonyl (C=O) groups excluding carboxylic acids is 2. The van der Waals surface area contributed by atoms with Gasteiger partial charge in [-0.15, -0.1) is 0 Å². The second-order valence-corrected chi connectivity index (χ2v) is 5.61. The Labute approximate surface area is 155 Å². The minimum absolute atomic E-state index is 0.208. The van der Waals surface area contributed by atoms with Crippen LogP contribution in [0.4, 0.5) is 11.5 Å². The lowest BCUT2D eigenvalue weighted by Crippen LogP contribution is -2.26. The summed E-state index contributed by atoms with van der Waals surface area (Å²) in [6, 6.07) is 6.16. The maximum absolute atomic E-state index is 12.1. The fourth-order valence-electron chi connectivity index (χ4n) is 2.06. The SMILES string of the molecule is COCCCNC(=O)c1cc(Nc2cc(C(=O)OC)ccc2Cl)ncn1. The average Bonchev–Trinajstić information content (AvgIpc) is 2.66. The molecule has 9 heteroatoms. The third kappa shape index (κ3) is 5.40. The number of methoxy groups -OCH3 is 2. The molecule has 1 heterocycles. The highest BCUT2D eigenvalue weighted by molar-refractivity contribution is 6.33. The zero-order valence-electron chi connectivity index (χ0n) is 14.4. The number of hydrogen-bond donors (Lipinski definition) is 2. The van der Waals surface area contributed by atoms with Gasteiger partial charge < -0.3 is 20.1 Å². The van der Waals surface area contributed by atoms with Gasteiger partial charge in [0.2, 0.25) is 0 Å². The molecule has 0 aliphatic rings. The minimum Gasteiger partial charge on any atom is -0.465 e. The van der Waals surface area contributed by atoms with Gasteiger partial charge in [-0.2, -0.15) is 0 Å². The van der Waals surface area contributed by atoms with Crippen molar-refractivity contribution in [3.8, 4) is 0 Å². The summed E-state index contributed by atoms with van der Waals surface area (Å²) in [4.78, 5) is 31.8. The van der Waals surface area contributed by atoms with Crippen LogP contribution < -0.4 is 10.6 Å². The molecular weight excluding hydrogens is 360 g/mol. The second-order valence-electron chi connectivity index (χ2n) is 5.20. The number of halogens is 1. The summed E-state index contributed by atoms with van der Waals surface area (Å²) in [7, 11) is 2.90. The van der Waals surface area contributed by atoms with E-state index in [4.69, 9.17) is 16.3 Å². The van der Waals surface area contributed by atoms with Crippen LogP contribution in [0.1, 0.15) is 27.3 Å². The van der Waals surface area contributed by atoms with E-state index in [9.17, 15) is 9.59 Å². The summed E-state index contributed by atoms with van der Waals surface area (Å²) < 4.78 is 9.62. The number of amides is 1. The van der Waals surface area contributed by atoms with Crippen LogP contribution in [0.15, 0.2) is 30.6 Å². The average molecular weight is 379 g/mol. The molecule has 0 saturated carbocycles. The van der Waals surface area contributed by atoms with Crippen molar-refractivity contribution >= 4 is 35.0 Å². The van der Waals surface area contributed by atoms with Crippen molar-refractivity contribution in [3.05, 3.63) is 46.9 Å². The second kappa shape index (κ2) is 9.69. The molecule has 0 atom stereocenters. The van der Waals surface area contributed by atoms with Crippen molar-refractivity contribution in [2.24, 2.45) is 0 Å². The largest absolute Gasteiger partial charge is 0.465 e. The molecule has 2 aromatic rings. The monoisotopic (exact) mass is 378 g/mol. The molecule has 0 aliphatic heterocycles. The van der Waals surface area contributed by atoms with E-state index < -0.39 is 5.97 Å². The van der Waals surface area contributed by atoms with Crippen LogP contribution in [-0.2, 0) is 9.47 Å². The Bertz CT molecular complexity index is 785. The van der Waals surface area contributed by atoms with Gasteiger partial charge in [-0.1, -0.05) is 11.6 Å². The molecule has 2 rings (SSSR count). The lowest BCUT2D eigenvalue weighted by Gasteiger charge is -2.10. The van der Waals surface area contributed by atoms with Gasteiger partial charge in [0.1, 0.15) is 17.8 Å². The van der Waals surface area contributed by atoms with E-state index in [0.29, 0.717) is 41.7 Å². The Morgan fingerprint density at radius 2 is 2.00 bits per heavy atom. The molecular formula is C17H19ClN4O4. The Morgan fingerprint density at radius 1 is 1.19 bits per heavy atom. The van der Waals surface area contributed by atoms with Gasteiger partial charge in [0.25, 0.3) is 5.91 Å². The minimum atomic E-state index is -0.483. The molecule has 1 aromatic heterocycles. The molecule has 1 amide bonds. The summed E-state index contributed by atoms with van der Waals surface area (Å²) in [6.07, 6.45) is 1.97. The van der Waals surface area contributed by atoms with Crippen LogP contribution in [-0.4, -0.2) is 49.2 Å². The van der Waals surface area contributed by atoms with E-state index in [-0.39, 0.29) is 11.6 Å². The normalized spacial score (nSPS) is 10.3. The topological polar surface area (TPSA) is 102 Å². The number of rotatable bonds is 8. The van der Waals surface area contributed by atoms with E-state index in [1.54, 1.807) is 25.3 Å². The number of benzene rings is 1. The predicted octanol–water partition coefficient (Wildman–Crippen LogP) is 2.43. The van der Waals surface area contributed by atoms with Gasteiger partial charge in [0.15, 0.2) is 0 Å². The maximum Gasteiger partial charge on any atom is 0.337 e. The Morgan fingerprint density at radius 3 is 2.73 bits per heavy atom. The quantitative estimate of drug-likeness (QED) is 0.537. The highest BCUT2D eigenvalue weighted by atomic mass is 35.5. The first-order chi connectivity index (χ1) is 12.5. The van der Waals surface area contributed by atoms with Crippen LogP contribution in [0.25, 0.3) is 0 Å². The number of anilines is 2. The Balaban J connectivity index is 2.11. The van der Waals surface area contributed by atoms with Gasteiger partial charge in [-0.25, -0.2) is 14.8 Å². The molecule has 0 fully saturated rings. The lowest BCUT2D eigenvalue weighted by atomic mass is 10.2. The Kier molecular flexibility index (Phi) is 7.31. The molecule has 138 valence electrons. The molecule has 26 heavy (non-hydrogen) atoms. The van der Waals surface area contributed by atoms with Crippen LogP contribution in [0.2, 0.25) is 5.02 Å². The number of esters is 1. The van der Waals surface area contributed by atoms with Crippen molar-refractivity contribution < 1.29 is 19.1 Å². The number of hydrogen-bond acceptors (Lipinski definition) is 7. The predicted molar refractivity (Wildman–Crippen MR) is 96.9 cm³/mol. The molecule has 1 aromatic carbocycles. The maximum atomic E-state index is 12.1. The summed E-state index contributed by atoms with van der Waals surface area (Å²) in [5, 5.41) is 6.11. The summed E-state index contributed by atoms with van der Waals surface area (Å²) in [5.74, 6) is -0.435. The zero-order chi connectivity index (χ0) is 18.9. The van der Waals surface area contributed by atoms with E-state index in [1.165, 1.54) is 19.5 Å². The third-order valence-corrected chi connectivity index (χ3v) is 3.69. The summed E-state index contributed by atoms with van der Waals surface area (Å²) >= 11 is 6.15. The van der Waals surface area contributed by atoms with Crippen molar-refractivity contribution in [1.29, 1.82) is 0 Å². The van der Waals surface area contributed by atoms with Crippen molar-refractivity contribution in [2.45, 2.75) is 6.42 Å². The number of ether oxygens (including phenoxy) is 2. The first-order valence-corrected chi connectivity index (χ1v) is 8.17. The zero-order valence-corrected chi connectivity index (χ0v) is 15.2. The third-order valence-electron chi connectivity index (χ3n) is 3.36. The van der Waals surface area contributed by atoms with Crippen molar-refractivity contribution in [2.75, 3.05) is 32.7 Å². The van der Waals surface area contributed by atoms with Crippen LogP contribution >= 0.6 is 11.6 Å². The first-order valence-electron chi connectivity index (χ1n) is 7.79. The van der Waals surface area contributed by atoms with E-state index >= 15 is 0 Å². The fraction of sp³-hybridized carbons (Fsp3) is 0.294. The number of carbonyl (C=O) groups is 2. The van der Waals surface area contributed by atoms with Gasteiger partial charge >= 0.3 is 5.97 Å². The number of nitrogens with zero attached hydrogens (tertiary/aromatic N) is 2. The highest BCUT2D eigenvalue weighted by Gasteiger charge is 2.12. The van der Waals surface area contributed by atoms with E-state index in [1.807, 2.05) is 0 Å². The smallest absolute Gasteiger partial charge is 0.337 e. The molecule has 0 radical (unpaired) electrons. The Hall–Kier alpha value is -2.71. The molecule has 0 bridgehead atoms. The number of nitrogens with one attached hydrogen (secondary N) is 2. The molecule has 8 nitrogen and oxygen atoms in total. The molecule has 0 aliphatic carbocycles. The molecule has 0 saturated heterocycles. The standard InChI is InChI=1S/C17H19ClN4O4/c1-25-7-3-6-19-16(23)14-9-15(21-10-20-14)22-13-8-11(17(24)26-2)4-5-12(13)18/h4-5,8-10H,3,6-7H2,1-2H3,(H,19,23)(H,20,21,22). The number of aromatic nitrogens is 2. The van der Waals surface area contributed by atoms with Crippen LogP contribution in [0.3, 0.4) is 0 Å². The van der Waals surface area contributed by atoms with Gasteiger partial charge in [-0.05, 0) is 24.6 Å². The van der Waals surface area contributed by atoms with Gasteiger partial charge in [-0.3, -0.25) is 4.79 Å². The van der Waals surface area contributed by atoms with Crippen molar-refractivity contribution in [1.82, 2.24) is 15.3 Å². The van der Waals surface area contributed by atoms with E-state index in [0.717, 1.165) is 0 Å². The van der Waals surface area contributed by atoms with Crippen LogP contribution in [0.5, 0.6) is 0 Å². The summed E-state index contributed by atoms with van der Waals surface area (Å²) in [6.45, 7) is 1.04. The fourth-order valence-corrected chi connectivity index (χ4v) is 2.23. The van der Waals surface area contributed by atoms with Gasteiger partial charge in [0, 0.05) is 26.3 Å². The van der Waals surface area contributed by atoms with E-state index in [2.05, 4.69) is 25.3 Å². The molecule has 0 unspecified atom stereocenters. The first kappa shape index (κ1) is 19.6. The lowest BCUT2D eigenvalue weighted by molar-refractivity contribution is 0.0600. The molecule has 2 N–H and O–H groups in total. The summed E-state index contributed by atoms with van der Waals surface area (Å²) in [5.41, 5.74) is 1.00. The highest BCUT2D eigenvalue weighted by Crippen LogP contribution is 2.26.